The van der Waals surface area contributed by atoms with Crippen molar-refractivity contribution in [3.63, 3.8) is 0 Å². The van der Waals surface area contributed by atoms with E-state index >= 15 is 0 Å². The predicted octanol–water partition coefficient (Wildman–Crippen LogP) is -3.10. The van der Waals surface area contributed by atoms with Gasteiger partial charge in [0.15, 0.2) is 5.96 Å². The third-order valence-corrected chi connectivity index (χ3v) is 14.0. The molecule has 1 aliphatic carbocycles. The number of aliphatic hydroxyl groups excluding tert-OH is 1. The highest BCUT2D eigenvalue weighted by atomic mass is 16.4. The highest BCUT2D eigenvalue weighted by Gasteiger charge is 2.36. The van der Waals surface area contributed by atoms with Gasteiger partial charge in [0.1, 0.15) is 54.1 Å². The largest absolute Gasteiger partial charge is 0.508 e. The summed E-state index contributed by atoms with van der Waals surface area (Å²) in [6.07, 6.45) is 3.26. The standard InChI is InChI=1S/C59H83N15O15/c1-31(2)24-43(55(86)69-40(16-11-23-64-59(62)63-5)53(84)71-42(51(61)82)27-36-29-65-39-15-10-9-14-38(36)39)68-48(79)30-66-52(83)44(25-34-12-7-6-8-13-34)73-58(89)50(32(3)75)74-57(88)46(28-47(60)78)72-54(85)41(21-22-49(80)81)70-56(87)45(67-33(4)76)26-35-17-19-37(77)20-18-35/h6-8,10,12-13,15,17-20,29,31-32,40-46,50,65,75,77H,9,11,14,16,21-28,30H2,1-5H3,(H2,60,78)(H2,61,82)(H,66,83)(H,67,76)(H,68,79)(H,69,86)(H,70,87)(H,71,84)(H,72,85)(H,73,89)(H,74,88)(H,80,81)(H3,62,63,64)/t32-,40+,41+,42+,43+,44+,45-,46+,50+/m1/s1. The minimum atomic E-state index is -1.92. The van der Waals surface area contributed by atoms with Crippen LogP contribution in [-0.2, 0) is 83.2 Å². The van der Waals surface area contributed by atoms with Gasteiger partial charge >= 0.3 is 5.97 Å². The van der Waals surface area contributed by atoms with Gasteiger partial charge in [-0.25, -0.2) is 0 Å². The molecule has 30 heteroatoms. The van der Waals surface area contributed by atoms with Crippen molar-refractivity contribution in [1.29, 1.82) is 5.41 Å². The molecule has 0 saturated carbocycles. The van der Waals surface area contributed by atoms with Crippen molar-refractivity contribution in [3.8, 4) is 5.75 Å². The number of nitrogens with one attached hydrogen (secondary N) is 13. The number of phenolic OH excluding ortho intramolecular Hbond substituents is 1. The van der Waals surface area contributed by atoms with Gasteiger partial charge in [0.05, 0.1) is 19.1 Å². The molecule has 0 spiro atoms. The van der Waals surface area contributed by atoms with Crippen LogP contribution in [0.25, 0.3) is 6.08 Å². The van der Waals surface area contributed by atoms with Crippen LogP contribution < -0.4 is 70.0 Å². The zero-order valence-corrected chi connectivity index (χ0v) is 50.3. The number of hydrogen-bond donors (Lipinski definition) is 18. The zero-order valence-electron chi connectivity index (χ0n) is 50.3. The number of aromatic nitrogens is 1. The Morgan fingerprint density at radius 3 is 1.79 bits per heavy atom. The van der Waals surface area contributed by atoms with Gasteiger partial charge in [-0.3, -0.25) is 62.9 Å². The fourth-order valence-electron chi connectivity index (χ4n) is 9.46. The van der Waals surface area contributed by atoms with Crippen molar-refractivity contribution in [2.24, 2.45) is 17.4 Å². The maximum absolute atomic E-state index is 14.1. The number of hydrogen-bond acceptors (Lipinski definition) is 15. The fourth-order valence-corrected chi connectivity index (χ4v) is 9.46. The number of aliphatic carboxylic acids is 1. The number of allylic oxidation sites excluding steroid dienone is 1. The molecule has 484 valence electrons. The molecule has 30 nitrogen and oxygen atoms in total. The normalized spacial score (nSPS) is 14.6. The summed E-state index contributed by atoms with van der Waals surface area (Å²) in [5.74, 6) is -12.2. The van der Waals surface area contributed by atoms with Crippen LogP contribution in [0.15, 0.2) is 66.9 Å². The zero-order chi connectivity index (χ0) is 65.9. The summed E-state index contributed by atoms with van der Waals surface area (Å²) in [5, 5.41) is 65.6. The summed E-state index contributed by atoms with van der Waals surface area (Å²) >= 11 is 0. The monoisotopic (exact) mass is 1240 g/mol. The Morgan fingerprint density at radius 2 is 1.20 bits per heavy atom. The average Bonchev–Trinajstić information content (AvgIpc) is 2.49. The Morgan fingerprint density at radius 1 is 0.640 bits per heavy atom. The number of aromatic amines is 1. The summed E-state index contributed by atoms with van der Waals surface area (Å²) in [4.78, 5) is 164. The summed E-state index contributed by atoms with van der Waals surface area (Å²) in [6.45, 7) is 5.23. The molecular formula is C59H83N15O15. The molecule has 1 heterocycles. The molecule has 1 aliphatic rings. The van der Waals surface area contributed by atoms with Crippen molar-refractivity contribution in [2.45, 2.75) is 153 Å². The molecule has 0 aliphatic heterocycles. The Kier molecular flexibility index (Phi) is 28.7. The van der Waals surface area contributed by atoms with E-state index in [0.717, 1.165) is 37.1 Å². The lowest BCUT2D eigenvalue weighted by atomic mass is 9.96. The third kappa shape index (κ3) is 24.8. The first kappa shape index (κ1) is 71.6. The molecule has 0 saturated heterocycles. The number of phenols is 1. The topological polar surface area (TPSA) is 490 Å². The van der Waals surface area contributed by atoms with Gasteiger partial charge in [0.25, 0.3) is 0 Å². The quantitative estimate of drug-likeness (QED) is 0.0156. The SMILES string of the molecule is CNC(=N)NCCC[C@H](NC(=O)[C@H](CC(C)C)NC(=O)CNC(=O)[C@H](Cc1ccccc1)NC(=O)[C@@H](NC(=O)[C@H](CC(N)=O)NC(=O)[C@H](CCC(=O)O)NC(=O)[C@@H](Cc1ccc(O)cc1)NC(C)=O)[C@@H](C)O)C(=O)N[C@@H](Cc1c[nH]c2c1CCC=C2)C(N)=O. The van der Waals surface area contributed by atoms with Crippen molar-refractivity contribution < 1.29 is 72.9 Å². The molecular weight excluding hydrogens is 1160 g/mol. The molecule has 89 heavy (non-hydrogen) atoms. The second-order valence-corrected chi connectivity index (χ2v) is 21.9. The number of primary amides is 2. The number of amides is 11. The number of aliphatic hydroxyl groups is 1. The number of carboxylic acids is 1. The van der Waals surface area contributed by atoms with Gasteiger partial charge in [-0.2, -0.15) is 0 Å². The molecule has 0 fully saturated rings. The number of fused-ring (bicyclic) bond motifs is 1. The van der Waals surface area contributed by atoms with E-state index in [1.165, 1.54) is 24.3 Å². The van der Waals surface area contributed by atoms with Crippen molar-refractivity contribution in [1.82, 2.24) is 63.5 Å². The van der Waals surface area contributed by atoms with Crippen LogP contribution in [0.4, 0.5) is 0 Å². The second kappa shape index (κ2) is 35.7. The number of carbonyl (C=O) groups is 12. The number of nitrogens with two attached hydrogens (primary N) is 2. The van der Waals surface area contributed by atoms with Gasteiger partial charge in [0, 0.05) is 58.1 Å². The van der Waals surface area contributed by atoms with E-state index in [2.05, 4.69) is 63.5 Å². The van der Waals surface area contributed by atoms with Crippen LogP contribution in [0, 0.1) is 11.3 Å². The minimum Gasteiger partial charge on any atom is -0.508 e. The first-order valence-electron chi connectivity index (χ1n) is 29.0. The Bertz CT molecular complexity index is 3030. The molecule has 11 amide bonds. The highest BCUT2D eigenvalue weighted by molar-refractivity contribution is 5.99. The van der Waals surface area contributed by atoms with Gasteiger partial charge < -0.3 is 90.3 Å². The summed E-state index contributed by atoms with van der Waals surface area (Å²) in [6, 6.07) is 1.70. The predicted molar refractivity (Wildman–Crippen MR) is 323 cm³/mol. The lowest BCUT2D eigenvalue weighted by molar-refractivity contribution is -0.139. The molecule has 9 atom stereocenters. The maximum atomic E-state index is 14.1. The summed E-state index contributed by atoms with van der Waals surface area (Å²) in [7, 11) is 1.54. The van der Waals surface area contributed by atoms with Crippen LogP contribution in [0.3, 0.4) is 0 Å². The number of guanidine groups is 1. The Labute approximate surface area is 513 Å². The Hall–Kier alpha value is -9.87. The smallest absolute Gasteiger partial charge is 0.303 e. The van der Waals surface area contributed by atoms with Gasteiger partial charge in [-0.15, -0.1) is 0 Å². The van der Waals surface area contributed by atoms with Crippen molar-refractivity contribution >= 4 is 83.0 Å². The molecule has 0 unspecified atom stereocenters. The van der Waals surface area contributed by atoms with Crippen LogP contribution >= 0.6 is 0 Å². The maximum Gasteiger partial charge on any atom is 0.303 e. The van der Waals surface area contributed by atoms with E-state index in [9.17, 15) is 72.9 Å². The molecule has 0 bridgehead atoms. The number of benzene rings is 2. The summed E-state index contributed by atoms with van der Waals surface area (Å²) < 4.78 is 0. The number of aromatic hydroxyl groups is 1. The molecule has 2 aromatic carbocycles. The first-order chi connectivity index (χ1) is 42.1. The van der Waals surface area contributed by atoms with Gasteiger partial charge in [0.2, 0.25) is 65.0 Å². The highest BCUT2D eigenvalue weighted by Crippen LogP contribution is 2.24. The van der Waals surface area contributed by atoms with E-state index in [4.69, 9.17) is 16.9 Å². The average molecular weight is 1240 g/mol. The lowest BCUT2D eigenvalue weighted by Gasteiger charge is -2.28. The molecule has 20 N–H and O–H groups in total. The van der Waals surface area contributed by atoms with Crippen LogP contribution in [0.1, 0.15) is 101 Å². The van der Waals surface area contributed by atoms with E-state index in [1.54, 1.807) is 57.4 Å². The van der Waals surface area contributed by atoms with E-state index in [1.807, 2.05) is 12.2 Å². The number of H-pyrrole nitrogens is 1. The van der Waals surface area contributed by atoms with Crippen molar-refractivity contribution in [3.05, 3.63) is 94.8 Å². The van der Waals surface area contributed by atoms with Gasteiger partial charge in [-0.05, 0) is 91.8 Å². The van der Waals surface area contributed by atoms with Crippen LogP contribution in [0.2, 0.25) is 0 Å². The summed E-state index contributed by atoms with van der Waals surface area (Å²) in [5.41, 5.74) is 14.9. The molecule has 0 radical (unpaired) electrons. The molecule has 3 aromatic rings. The second-order valence-electron chi connectivity index (χ2n) is 21.9. The Balaban J connectivity index is 1.50. The fraction of sp³-hybridized carbons (Fsp3) is 0.475. The number of carbonyl (C=O) groups excluding carboxylic acids is 11. The van der Waals surface area contributed by atoms with Crippen LogP contribution in [0.5, 0.6) is 5.75 Å². The minimum absolute atomic E-state index is 0.00856. The van der Waals surface area contributed by atoms with E-state index < -0.39 is 151 Å². The third-order valence-electron chi connectivity index (χ3n) is 14.0. The number of carboxylic acid groups (broad SMARTS) is 1. The molecule has 1 aromatic heterocycles. The van der Waals surface area contributed by atoms with Crippen molar-refractivity contribution in [2.75, 3.05) is 20.1 Å². The van der Waals surface area contributed by atoms with E-state index in [0.29, 0.717) is 17.5 Å². The lowest BCUT2D eigenvalue weighted by Crippen LogP contribution is -2.62. The number of rotatable bonds is 36. The molecule has 4 rings (SSSR count). The van der Waals surface area contributed by atoms with Gasteiger partial charge in [-0.1, -0.05) is 62.4 Å². The first-order valence-corrected chi connectivity index (χ1v) is 29.0. The van der Waals surface area contributed by atoms with Crippen LogP contribution in [-0.4, -0.2) is 172 Å². The van der Waals surface area contributed by atoms with E-state index in [-0.39, 0.29) is 62.7 Å².